The van der Waals surface area contributed by atoms with Gasteiger partial charge in [-0.2, -0.15) is 0 Å². The van der Waals surface area contributed by atoms with Crippen LogP contribution in [0.3, 0.4) is 0 Å². The van der Waals surface area contributed by atoms with Crippen molar-refractivity contribution in [3.8, 4) is 33.2 Å². The number of para-hydroxylation sites is 1. The van der Waals surface area contributed by atoms with Crippen LogP contribution in [0.1, 0.15) is 126 Å². The summed E-state index contributed by atoms with van der Waals surface area (Å²) in [4.78, 5) is 66.0. The van der Waals surface area contributed by atoms with Gasteiger partial charge < -0.3 is 45.3 Å². The molecule has 3 aliphatic heterocycles. The van der Waals surface area contributed by atoms with Crippen molar-refractivity contribution in [3.05, 3.63) is 94.5 Å². The lowest BCUT2D eigenvalue weighted by atomic mass is 9.85. The predicted octanol–water partition coefficient (Wildman–Crippen LogP) is 7.86. The molecule has 0 spiro atoms. The number of phenolic OH excluding ortho intramolecular Hbond substituents is 1. The summed E-state index contributed by atoms with van der Waals surface area (Å²) in [5.41, 5.74) is 7.26. The van der Waals surface area contributed by atoms with Crippen LogP contribution in [0.4, 0.5) is 10.3 Å². The third-order valence-corrected chi connectivity index (χ3v) is 17.6. The normalized spacial score (nSPS) is 23.3. The zero-order valence-electron chi connectivity index (χ0n) is 43.9. The number of aromatic hydroxyl groups is 1. The summed E-state index contributed by atoms with van der Waals surface area (Å²) in [5.74, 6) is 0.188. The van der Waals surface area contributed by atoms with E-state index >= 15 is 0 Å². The molecule has 7 heterocycles. The number of benzene rings is 2. The average Bonchev–Trinajstić information content (AvgIpc) is 3.67. The van der Waals surface area contributed by atoms with Gasteiger partial charge in [-0.25, -0.2) is 19.3 Å². The number of halogens is 1. The molecule has 400 valence electrons. The second-order valence-corrected chi connectivity index (χ2v) is 23.6. The molecule has 5 aliphatic rings. The van der Waals surface area contributed by atoms with E-state index in [-0.39, 0.29) is 50.2 Å². The van der Waals surface area contributed by atoms with E-state index in [4.69, 9.17) is 14.7 Å². The zero-order chi connectivity index (χ0) is 53.0. The van der Waals surface area contributed by atoms with Crippen LogP contribution in [0.15, 0.2) is 66.4 Å². The maximum Gasteiger partial charge on any atom is 0.258 e. The predicted molar refractivity (Wildman–Crippen MR) is 287 cm³/mol. The molecule has 0 bridgehead atoms. The highest BCUT2D eigenvalue weighted by Crippen LogP contribution is 2.42. The molecule has 6 aromatic rings. The Balaban J connectivity index is 0.697. The van der Waals surface area contributed by atoms with E-state index < -0.39 is 47.0 Å². The number of amides is 3. The van der Waals surface area contributed by atoms with E-state index in [1.54, 1.807) is 44.2 Å². The van der Waals surface area contributed by atoms with Crippen LogP contribution < -0.4 is 20.3 Å². The smallest absolute Gasteiger partial charge is 0.258 e. The number of likely N-dealkylation sites (tertiary alicyclic amines) is 2. The first-order valence-corrected chi connectivity index (χ1v) is 27.8. The molecule has 17 nitrogen and oxygen atoms in total. The number of nitrogens with one attached hydrogen (secondary N) is 3. The molecule has 3 amide bonds. The number of hydrogen-bond acceptors (Lipinski definition) is 14. The number of thiazole rings is 1. The molecule has 2 saturated carbocycles. The lowest BCUT2D eigenvalue weighted by Gasteiger charge is -2.41. The number of anilines is 1. The Hall–Kier alpha value is -6.57. The number of piperidine rings is 1. The van der Waals surface area contributed by atoms with E-state index in [0.717, 1.165) is 109 Å². The third kappa shape index (κ3) is 10.4. The van der Waals surface area contributed by atoms with E-state index in [0.29, 0.717) is 34.9 Å². The summed E-state index contributed by atoms with van der Waals surface area (Å²) in [5, 5.41) is 36.8. The first kappa shape index (κ1) is 51.5. The van der Waals surface area contributed by atoms with Crippen molar-refractivity contribution >= 4 is 46.0 Å². The molecule has 2 saturated heterocycles. The highest BCUT2D eigenvalue weighted by Gasteiger charge is 2.53. The molecule has 11 rings (SSSR count). The molecule has 4 aromatic heterocycles. The lowest BCUT2D eigenvalue weighted by Crippen LogP contribution is -2.59. The second kappa shape index (κ2) is 20.8. The number of alkyl halides is 1. The van der Waals surface area contributed by atoms with Crippen molar-refractivity contribution < 1.29 is 33.7 Å². The quantitative estimate of drug-likeness (QED) is 0.0746. The highest BCUT2D eigenvalue weighted by atomic mass is 32.1. The van der Waals surface area contributed by atoms with Gasteiger partial charge in [0.15, 0.2) is 11.3 Å². The number of phenols is 1. The summed E-state index contributed by atoms with van der Waals surface area (Å²) < 4.78 is 21.6. The van der Waals surface area contributed by atoms with Gasteiger partial charge in [-0.05, 0) is 125 Å². The van der Waals surface area contributed by atoms with Gasteiger partial charge in [0.25, 0.3) is 5.91 Å². The maximum atomic E-state index is 14.7. The monoisotopic (exact) mass is 1050 g/mol. The number of hydrogen-bond donors (Lipinski definition) is 5. The number of β-amino-alcohol motifs (C(OH)–C–C–N with tert-alkyl or cyclic N) is 1. The maximum absolute atomic E-state index is 14.7. The van der Waals surface area contributed by atoms with Gasteiger partial charge in [-0.15, -0.1) is 21.5 Å². The number of H-pyrrole nitrogens is 1. The molecular formula is C57H68FN11O6S. The fraction of sp³-hybridized carbons (Fsp3) is 0.509. The van der Waals surface area contributed by atoms with E-state index in [1.807, 2.05) is 61.2 Å². The van der Waals surface area contributed by atoms with Crippen molar-refractivity contribution in [1.82, 2.24) is 50.6 Å². The molecule has 76 heavy (non-hydrogen) atoms. The molecule has 0 radical (unpaired) electrons. The van der Waals surface area contributed by atoms with Gasteiger partial charge in [0.2, 0.25) is 17.8 Å². The van der Waals surface area contributed by atoms with Gasteiger partial charge in [-0.1, -0.05) is 45.0 Å². The Bertz CT molecular complexity index is 3120. The van der Waals surface area contributed by atoms with Crippen molar-refractivity contribution in [1.29, 1.82) is 0 Å². The highest BCUT2D eigenvalue weighted by molar-refractivity contribution is 7.13. The fourth-order valence-electron chi connectivity index (χ4n) is 12.0. The van der Waals surface area contributed by atoms with Crippen LogP contribution in [0, 0.1) is 12.3 Å². The fourth-order valence-corrected chi connectivity index (χ4v) is 12.8. The minimum Gasteiger partial charge on any atom is -0.507 e. The number of aliphatic hydroxyl groups excluding tert-OH is 1. The molecule has 4 atom stereocenters. The van der Waals surface area contributed by atoms with Gasteiger partial charge in [0, 0.05) is 78.7 Å². The van der Waals surface area contributed by atoms with Gasteiger partial charge >= 0.3 is 0 Å². The zero-order valence-corrected chi connectivity index (χ0v) is 44.7. The van der Waals surface area contributed by atoms with E-state index in [2.05, 4.69) is 47.5 Å². The van der Waals surface area contributed by atoms with Crippen LogP contribution >= 0.6 is 11.3 Å². The standard InChI is InChI=1S/C57H68FN11O6S/c1-32-49(76-31-62-32)35-10-11-36(27-59-52(72)45-25-39(70)30-69(45)53(73)50(56(3,4)5)64-54(74)57(58)19-20-57)47(24-35)75-40-14-12-38(13-15-40)67-21-16-34(17-22-67)37-28-60-55(61-29-37)68-23-18-43-48(33(68)2)42-26-44(65-66-51(42)63-43)41-8-6-7-9-46(41)71/h6-11,24,26,28-29,31,33-34,38-40,45,50,70-71H,12-23,25,27,30H2,1-5H3,(H,59,72)(H,63,66)(H,64,74)/t33-,38-,39+,40+,45-,50+/m0/s1. The Kier molecular flexibility index (Phi) is 14.1. The molecule has 5 N–H and O–H groups in total. The van der Waals surface area contributed by atoms with Crippen LogP contribution in [0.25, 0.3) is 32.7 Å². The summed E-state index contributed by atoms with van der Waals surface area (Å²) in [6.45, 7) is 12.4. The topological polar surface area (TPSA) is 215 Å². The summed E-state index contributed by atoms with van der Waals surface area (Å²) in [6.07, 6.45) is 10.1. The molecular weight excluding hydrogens is 986 g/mol. The SMILES string of the molecule is Cc1ncsc1-c1ccc(CNC(=O)[C@@H]2C[C@@H](O)CN2C(=O)[C@@H](NC(=O)C2(F)CC2)C(C)(C)C)c(O[C@H]2CC[C@@H](N3CCC(c4cnc(N5CCc6[nH]c7nnc(-c8ccccc8O)cc7c6[C@@H]5C)nc4)CC3)CC2)c1. The van der Waals surface area contributed by atoms with Crippen molar-refractivity contribution in [2.45, 2.75) is 153 Å². The van der Waals surface area contributed by atoms with Crippen LogP contribution in [-0.2, 0) is 27.3 Å². The molecule has 2 aromatic carbocycles. The van der Waals surface area contributed by atoms with E-state index in [1.165, 1.54) is 10.5 Å². The first-order chi connectivity index (χ1) is 36.5. The first-order valence-electron chi connectivity index (χ1n) is 27.0. The number of carbonyl (C=O) groups excluding carboxylic acids is 3. The number of carbonyl (C=O) groups is 3. The number of ether oxygens (including phenoxy) is 1. The number of fused-ring (bicyclic) bond motifs is 3. The van der Waals surface area contributed by atoms with Crippen LogP contribution in [0.2, 0.25) is 0 Å². The summed E-state index contributed by atoms with van der Waals surface area (Å²) in [7, 11) is 0. The lowest BCUT2D eigenvalue weighted by molar-refractivity contribution is -0.145. The van der Waals surface area contributed by atoms with Crippen LogP contribution in [0.5, 0.6) is 11.5 Å². The number of aliphatic hydroxyl groups is 1. The Morgan fingerprint density at radius 1 is 0.974 bits per heavy atom. The molecule has 4 fully saturated rings. The van der Waals surface area contributed by atoms with Gasteiger partial charge in [0.05, 0.1) is 40.0 Å². The Morgan fingerprint density at radius 2 is 1.72 bits per heavy atom. The van der Waals surface area contributed by atoms with Crippen molar-refractivity contribution in [2.75, 3.05) is 31.1 Å². The second-order valence-electron chi connectivity index (χ2n) is 22.8. The number of aromatic nitrogens is 6. The summed E-state index contributed by atoms with van der Waals surface area (Å²) >= 11 is 1.56. The van der Waals surface area contributed by atoms with Gasteiger partial charge in [0.1, 0.15) is 23.6 Å². The Morgan fingerprint density at radius 3 is 2.42 bits per heavy atom. The summed E-state index contributed by atoms with van der Waals surface area (Å²) in [6, 6.07) is 13.6. The largest absolute Gasteiger partial charge is 0.507 e. The Labute approximate surface area is 446 Å². The average molecular weight is 1050 g/mol. The van der Waals surface area contributed by atoms with E-state index in [9.17, 15) is 29.0 Å². The van der Waals surface area contributed by atoms with Crippen LogP contribution in [-0.4, -0.2) is 130 Å². The number of aryl methyl sites for hydroxylation is 1. The number of nitrogens with zero attached hydrogens (tertiary/aromatic N) is 8. The molecule has 0 unspecified atom stereocenters. The van der Waals surface area contributed by atoms with Crippen molar-refractivity contribution in [2.24, 2.45) is 5.41 Å². The number of rotatable bonds is 13. The number of aromatic amines is 1. The minimum absolute atomic E-state index is 0.00311. The molecule has 2 aliphatic carbocycles. The minimum atomic E-state index is -1.97. The van der Waals surface area contributed by atoms with Crippen molar-refractivity contribution in [3.63, 3.8) is 0 Å². The molecule has 19 heteroatoms. The van der Waals surface area contributed by atoms with Gasteiger partial charge in [-0.3, -0.25) is 14.4 Å². The third-order valence-electron chi connectivity index (χ3n) is 16.6.